The van der Waals surface area contributed by atoms with Crippen LogP contribution in [0.4, 0.5) is 6.01 Å². The molecule has 0 aliphatic carbocycles. The number of nitrogens with zero attached hydrogens (tertiary/aromatic N) is 3. The van der Waals surface area contributed by atoms with Crippen LogP contribution in [0.1, 0.15) is 52.8 Å². The molecule has 166 valence electrons. The van der Waals surface area contributed by atoms with Gasteiger partial charge in [-0.05, 0) is 55.4 Å². The summed E-state index contributed by atoms with van der Waals surface area (Å²) in [6, 6.07) is 7.25. The minimum Gasteiger partial charge on any atom is -0.494 e. The van der Waals surface area contributed by atoms with Crippen molar-refractivity contribution >= 4 is 15.9 Å². The fourth-order valence-corrected chi connectivity index (χ4v) is 4.32. The van der Waals surface area contributed by atoms with Gasteiger partial charge >= 0.3 is 6.01 Å². The van der Waals surface area contributed by atoms with Gasteiger partial charge in [0.15, 0.2) is 15.7 Å². The van der Waals surface area contributed by atoms with Gasteiger partial charge in [0.1, 0.15) is 5.75 Å². The second-order valence-electron chi connectivity index (χ2n) is 9.33. The minimum absolute atomic E-state index is 0.111. The molecule has 0 amide bonds. The Morgan fingerprint density at radius 1 is 1.20 bits per heavy atom. The Hall–Kier alpha value is -2.09. The van der Waals surface area contributed by atoms with Crippen LogP contribution in [-0.2, 0) is 15.3 Å². The molecule has 30 heavy (non-hydrogen) atoms. The van der Waals surface area contributed by atoms with E-state index in [0.717, 1.165) is 38.2 Å². The smallest absolute Gasteiger partial charge is 0.324 e. The second-order valence-corrected chi connectivity index (χ2v) is 11.3. The van der Waals surface area contributed by atoms with E-state index in [9.17, 15) is 8.42 Å². The highest BCUT2D eigenvalue weighted by atomic mass is 32.2. The molecule has 2 heterocycles. The molecule has 1 aliphatic heterocycles. The van der Waals surface area contributed by atoms with E-state index in [1.807, 2.05) is 0 Å². The summed E-state index contributed by atoms with van der Waals surface area (Å²) in [6.07, 6.45) is 4.36. The number of piperidine rings is 1. The number of hydrogen-bond donors (Lipinski definition) is 0. The SMILES string of the molecule is C[C@H](CCOc1ccc(S(C)(=O)=O)cc1)C1CCN(c2nc(C(C)(C)C)no2)CC1. The monoisotopic (exact) mass is 435 g/mol. The first-order valence-corrected chi connectivity index (χ1v) is 12.5. The van der Waals surface area contributed by atoms with E-state index in [0.29, 0.717) is 35.1 Å². The first kappa shape index (κ1) is 22.6. The van der Waals surface area contributed by atoms with Gasteiger partial charge < -0.3 is 14.2 Å². The van der Waals surface area contributed by atoms with Gasteiger partial charge in [0.25, 0.3) is 0 Å². The molecular weight excluding hydrogens is 402 g/mol. The molecule has 3 rings (SSSR count). The number of aromatic nitrogens is 2. The lowest BCUT2D eigenvalue weighted by atomic mass is 9.84. The lowest BCUT2D eigenvalue weighted by Gasteiger charge is -2.33. The third-order valence-corrected chi connectivity index (χ3v) is 6.92. The highest BCUT2D eigenvalue weighted by Gasteiger charge is 2.28. The predicted octanol–water partition coefficient (Wildman–Crippen LogP) is 4.09. The zero-order chi connectivity index (χ0) is 21.9. The van der Waals surface area contributed by atoms with Crippen LogP contribution in [0.3, 0.4) is 0 Å². The van der Waals surface area contributed by atoms with Crippen molar-refractivity contribution in [2.24, 2.45) is 11.8 Å². The Morgan fingerprint density at radius 3 is 2.37 bits per heavy atom. The average molecular weight is 436 g/mol. The second kappa shape index (κ2) is 8.96. The molecule has 1 aromatic heterocycles. The van der Waals surface area contributed by atoms with Crippen molar-refractivity contribution < 1.29 is 17.7 Å². The molecule has 1 aliphatic rings. The van der Waals surface area contributed by atoms with E-state index in [2.05, 4.69) is 42.7 Å². The predicted molar refractivity (Wildman–Crippen MR) is 117 cm³/mol. The van der Waals surface area contributed by atoms with E-state index in [1.165, 1.54) is 6.26 Å². The molecule has 0 spiro atoms. The third kappa shape index (κ3) is 5.74. The molecule has 7 nitrogen and oxygen atoms in total. The van der Waals surface area contributed by atoms with E-state index in [4.69, 9.17) is 9.26 Å². The van der Waals surface area contributed by atoms with Crippen molar-refractivity contribution in [3.05, 3.63) is 30.1 Å². The van der Waals surface area contributed by atoms with Crippen LogP contribution in [0.15, 0.2) is 33.7 Å². The quantitative estimate of drug-likeness (QED) is 0.647. The molecule has 0 N–H and O–H groups in total. The van der Waals surface area contributed by atoms with Crippen LogP contribution < -0.4 is 9.64 Å². The average Bonchev–Trinajstić information content (AvgIpc) is 3.18. The molecule has 1 saturated heterocycles. The van der Waals surface area contributed by atoms with Crippen LogP contribution in [-0.4, -0.2) is 44.5 Å². The largest absolute Gasteiger partial charge is 0.494 e. The lowest BCUT2D eigenvalue weighted by Crippen LogP contribution is -2.36. The van der Waals surface area contributed by atoms with Gasteiger partial charge in [-0.25, -0.2) is 8.42 Å². The maximum Gasteiger partial charge on any atom is 0.324 e. The zero-order valence-electron chi connectivity index (χ0n) is 18.6. The summed E-state index contributed by atoms with van der Waals surface area (Å²) in [4.78, 5) is 7.07. The fraction of sp³-hybridized carbons (Fsp3) is 0.636. The molecule has 1 atom stereocenters. The normalized spacial score (nSPS) is 17.2. The third-order valence-electron chi connectivity index (χ3n) is 5.79. The molecule has 0 radical (unpaired) electrons. The van der Waals surface area contributed by atoms with E-state index in [1.54, 1.807) is 24.3 Å². The summed E-state index contributed by atoms with van der Waals surface area (Å²) in [6.45, 7) is 11.0. The number of hydrogen-bond acceptors (Lipinski definition) is 7. The number of anilines is 1. The standard InChI is InChI=1S/C22H33N3O4S/c1-16(12-15-28-18-6-8-19(9-7-18)30(5,26)27)17-10-13-25(14-11-17)21-23-20(24-29-21)22(2,3)4/h6-9,16-17H,10-15H2,1-5H3/t16-/m1/s1. The van der Waals surface area contributed by atoms with Crippen LogP contribution >= 0.6 is 0 Å². The van der Waals surface area contributed by atoms with Crippen LogP contribution in [0.5, 0.6) is 5.75 Å². The van der Waals surface area contributed by atoms with E-state index < -0.39 is 9.84 Å². The van der Waals surface area contributed by atoms with E-state index >= 15 is 0 Å². The Labute approximate surface area is 179 Å². The zero-order valence-corrected chi connectivity index (χ0v) is 19.4. The first-order valence-electron chi connectivity index (χ1n) is 10.6. The van der Waals surface area contributed by atoms with Gasteiger partial charge in [0.05, 0.1) is 11.5 Å². The van der Waals surface area contributed by atoms with Gasteiger partial charge in [-0.1, -0.05) is 32.9 Å². The topological polar surface area (TPSA) is 85.5 Å². The van der Waals surface area contributed by atoms with Crippen LogP contribution in [0.2, 0.25) is 0 Å². The molecule has 1 aromatic carbocycles. The van der Waals surface area contributed by atoms with Gasteiger partial charge in [0.2, 0.25) is 0 Å². The van der Waals surface area contributed by atoms with Crippen LogP contribution in [0.25, 0.3) is 0 Å². The summed E-state index contributed by atoms with van der Waals surface area (Å²) in [5.74, 6) is 2.64. The van der Waals surface area contributed by atoms with Gasteiger partial charge in [0, 0.05) is 24.8 Å². The molecule has 2 aromatic rings. The van der Waals surface area contributed by atoms with E-state index in [-0.39, 0.29) is 5.41 Å². The number of benzene rings is 1. The van der Waals surface area contributed by atoms with Gasteiger partial charge in [-0.15, -0.1) is 0 Å². The van der Waals surface area contributed by atoms with Crippen molar-refractivity contribution in [1.82, 2.24) is 10.1 Å². The first-order chi connectivity index (χ1) is 14.0. The van der Waals surface area contributed by atoms with Crippen molar-refractivity contribution in [3.63, 3.8) is 0 Å². The summed E-state index contributed by atoms with van der Waals surface area (Å²) >= 11 is 0. The molecule has 1 fully saturated rings. The Morgan fingerprint density at radius 2 is 1.83 bits per heavy atom. The molecule has 8 heteroatoms. The van der Waals surface area contributed by atoms with Crippen LogP contribution in [0, 0.1) is 11.8 Å². The molecule has 0 saturated carbocycles. The maximum atomic E-state index is 11.5. The number of sulfone groups is 1. The summed E-state index contributed by atoms with van der Waals surface area (Å²) in [7, 11) is -3.17. The van der Waals surface area contributed by atoms with Crippen molar-refractivity contribution in [3.8, 4) is 5.75 Å². The highest BCUT2D eigenvalue weighted by Crippen LogP contribution is 2.30. The van der Waals surface area contributed by atoms with Crippen molar-refractivity contribution in [2.45, 2.75) is 57.3 Å². The Kier molecular flexibility index (Phi) is 6.75. The molecular formula is C22H33N3O4S. The van der Waals surface area contributed by atoms with Crippen molar-refractivity contribution in [2.75, 3.05) is 30.9 Å². The van der Waals surface area contributed by atoms with Crippen molar-refractivity contribution in [1.29, 1.82) is 0 Å². The molecule has 0 bridgehead atoms. The highest BCUT2D eigenvalue weighted by molar-refractivity contribution is 7.90. The summed E-state index contributed by atoms with van der Waals surface area (Å²) < 4.78 is 34.3. The lowest BCUT2D eigenvalue weighted by molar-refractivity contribution is 0.220. The Balaban J connectivity index is 1.43. The summed E-state index contributed by atoms with van der Waals surface area (Å²) in [5.41, 5.74) is -0.111. The molecule has 0 unspecified atom stereocenters. The van der Waals surface area contributed by atoms with Gasteiger partial charge in [-0.2, -0.15) is 4.98 Å². The maximum absolute atomic E-state index is 11.5. The Bertz CT molecular complexity index is 924. The number of rotatable bonds is 7. The van der Waals surface area contributed by atoms with Gasteiger partial charge in [-0.3, -0.25) is 0 Å². The minimum atomic E-state index is -3.17. The number of ether oxygens (including phenoxy) is 1. The fourth-order valence-electron chi connectivity index (χ4n) is 3.69. The summed E-state index contributed by atoms with van der Waals surface area (Å²) in [5, 5.41) is 4.13.